The molecule has 1 saturated heterocycles. The van der Waals surface area contributed by atoms with E-state index in [1.54, 1.807) is 22.8 Å². The first-order valence-corrected chi connectivity index (χ1v) is 14.8. The summed E-state index contributed by atoms with van der Waals surface area (Å²) in [5.41, 5.74) is 2.84. The zero-order valence-electron chi connectivity index (χ0n) is 23.5. The summed E-state index contributed by atoms with van der Waals surface area (Å²) in [6.45, 7) is 2.27. The number of nitrogens with zero attached hydrogens (tertiary/aromatic N) is 6. The molecule has 1 saturated carbocycles. The van der Waals surface area contributed by atoms with Gasteiger partial charge in [0.2, 0.25) is 17.8 Å². The fourth-order valence-corrected chi connectivity index (χ4v) is 6.71. The van der Waals surface area contributed by atoms with Gasteiger partial charge >= 0.3 is 12.1 Å². The van der Waals surface area contributed by atoms with Crippen molar-refractivity contribution in [1.82, 2.24) is 34.9 Å². The fourth-order valence-electron chi connectivity index (χ4n) is 6.27. The lowest BCUT2D eigenvalue weighted by atomic mass is 9.87. The molecular formula is C28H30BrF3N8O3. The van der Waals surface area contributed by atoms with E-state index in [1.807, 2.05) is 25.1 Å². The molecule has 2 atom stereocenters. The highest BCUT2D eigenvalue weighted by molar-refractivity contribution is 9.10. The molecule has 2 N–H and O–H groups in total. The number of halogens is 4. The molecule has 3 aromatic rings. The van der Waals surface area contributed by atoms with E-state index in [0.717, 1.165) is 29.7 Å². The number of nitrogens with one attached hydrogen (secondary N) is 2. The zero-order chi connectivity index (χ0) is 30.7. The number of aromatic nitrogens is 4. The van der Waals surface area contributed by atoms with E-state index in [1.165, 1.54) is 0 Å². The maximum absolute atomic E-state index is 13.1. The average molecular weight is 663 g/mol. The molecule has 0 spiro atoms. The summed E-state index contributed by atoms with van der Waals surface area (Å²) in [7, 11) is 1.65. The molecular weight excluding hydrogens is 633 g/mol. The van der Waals surface area contributed by atoms with Crippen molar-refractivity contribution in [3.8, 4) is 5.69 Å². The van der Waals surface area contributed by atoms with Gasteiger partial charge in [0.25, 0.3) is 0 Å². The van der Waals surface area contributed by atoms with Crippen LogP contribution in [-0.2, 0) is 27.3 Å². The molecule has 43 heavy (non-hydrogen) atoms. The van der Waals surface area contributed by atoms with Gasteiger partial charge in [-0.15, -0.1) is 0 Å². The van der Waals surface area contributed by atoms with Crippen molar-refractivity contribution in [2.24, 2.45) is 11.3 Å². The van der Waals surface area contributed by atoms with Crippen LogP contribution in [0, 0.1) is 11.3 Å². The largest absolute Gasteiger partial charge is 0.471 e. The van der Waals surface area contributed by atoms with Crippen LogP contribution in [0.25, 0.3) is 16.7 Å². The Morgan fingerprint density at radius 2 is 1.91 bits per heavy atom. The lowest BCUT2D eigenvalue weighted by Crippen LogP contribution is -2.59. The maximum Gasteiger partial charge on any atom is 0.471 e. The van der Waals surface area contributed by atoms with Crippen LogP contribution in [0.4, 0.5) is 19.1 Å². The minimum Gasteiger partial charge on any atom is -0.359 e. The number of carbonyl (C=O) groups is 3. The summed E-state index contributed by atoms with van der Waals surface area (Å²) in [5, 5.41) is 11.5. The van der Waals surface area contributed by atoms with E-state index in [2.05, 4.69) is 36.6 Å². The molecule has 2 fully saturated rings. The molecule has 1 aliphatic carbocycles. The topological polar surface area (TPSA) is 125 Å². The monoisotopic (exact) mass is 662 g/mol. The lowest BCUT2D eigenvalue weighted by molar-refractivity contribution is -0.192. The van der Waals surface area contributed by atoms with Crippen molar-refractivity contribution in [3.63, 3.8) is 0 Å². The van der Waals surface area contributed by atoms with E-state index in [9.17, 15) is 27.6 Å². The van der Waals surface area contributed by atoms with E-state index in [4.69, 9.17) is 4.98 Å². The van der Waals surface area contributed by atoms with Crippen molar-refractivity contribution in [2.45, 2.75) is 51.4 Å². The third-order valence-electron chi connectivity index (χ3n) is 8.75. The third kappa shape index (κ3) is 5.43. The molecule has 0 unspecified atom stereocenters. The number of amides is 3. The Kier molecular flexibility index (Phi) is 7.33. The molecule has 228 valence electrons. The van der Waals surface area contributed by atoms with E-state index >= 15 is 0 Å². The minimum absolute atomic E-state index is 0.0223. The highest BCUT2D eigenvalue weighted by atomic mass is 79.9. The number of fused-ring (bicyclic) bond motifs is 2. The molecule has 6 rings (SSSR count). The van der Waals surface area contributed by atoms with Crippen LogP contribution in [0.1, 0.15) is 37.3 Å². The van der Waals surface area contributed by atoms with Gasteiger partial charge in [-0.3, -0.25) is 14.4 Å². The molecule has 15 heteroatoms. The fraction of sp³-hybridized carbons (Fsp3) is 0.500. The van der Waals surface area contributed by atoms with E-state index < -0.39 is 23.4 Å². The standard InChI is InChI=1S/C28H30BrF3N8O3/c1-27(24(42)33-2)7-5-18(10-27)35-26-34-11-20-21(29)37-40(22(20)36-26)19-4-3-15-6-8-38(12-16(15)9-19)23(41)17-13-39(14-17)25(43)28(30,31)32/h3-4,9,11,17-18H,5-8,10,12-14H2,1-2H3,(H,33,42)(H,34,35,36)/t18-,27-/m1/s1. The van der Waals surface area contributed by atoms with Crippen LogP contribution in [-0.4, -0.2) is 86.2 Å². The Hall–Kier alpha value is -3.75. The Morgan fingerprint density at radius 1 is 1.14 bits per heavy atom. The summed E-state index contributed by atoms with van der Waals surface area (Å²) in [6, 6.07) is 5.90. The number of hydrogen-bond acceptors (Lipinski definition) is 7. The first-order valence-electron chi connectivity index (χ1n) is 14.0. The summed E-state index contributed by atoms with van der Waals surface area (Å²) in [5.74, 6) is -2.35. The molecule has 2 aromatic heterocycles. The van der Waals surface area contributed by atoms with Crippen LogP contribution in [0.3, 0.4) is 0 Å². The second-order valence-corrected chi connectivity index (χ2v) is 12.5. The minimum atomic E-state index is -4.94. The summed E-state index contributed by atoms with van der Waals surface area (Å²) >= 11 is 3.50. The third-order valence-corrected chi connectivity index (χ3v) is 9.33. The molecule has 11 nitrogen and oxygen atoms in total. The summed E-state index contributed by atoms with van der Waals surface area (Å²) in [6.07, 6.45) is -0.409. The molecule has 0 bridgehead atoms. The van der Waals surface area contributed by atoms with Gasteiger partial charge in [-0.2, -0.15) is 23.3 Å². The normalized spacial score (nSPS) is 22.3. The van der Waals surface area contributed by atoms with Gasteiger partial charge in [0.15, 0.2) is 5.65 Å². The maximum atomic E-state index is 13.1. The number of benzene rings is 1. The second-order valence-electron chi connectivity index (χ2n) is 11.7. The molecule has 4 heterocycles. The highest BCUT2D eigenvalue weighted by Gasteiger charge is 2.49. The van der Waals surface area contributed by atoms with Crippen LogP contribution < -0.4 is 10.6 Å². The number of anilines is 1. The summed E-state index contributed by atoms with van der Waals surface area (Å²) < 4.78 is 40.4. The van der Waals surface area contributed by atoms with Gasteiger partial charge in [-0.05, 0) is 64.9 Å². The van der Waals surface area contributed by atoms with Gasteiger partial charge in [-0.25, -0.2) is 9.67 Å². The quantitative estimate of drug-likeness (QED) is 0.430. The van der Waals surface area contributed by atoms with Crippen molar-refractivity contribution in [3.05, 3.63) is 40.1 Å². The predicted octanol–water partition coefficient (Wildman–Crippen LogP) is 3.20. The Morgan fingerprint density at radius 3 is 2.63 bits per heavy atom. The Labute approximate surface area is 253 Å². The Balaban J connectivity index is 1.18. The van der Waals surface area contributed by atoms with Crippen molar-refractivity contribution in [2.75, 3.05) is 32.0 Å². The van der Waals surface area contributed by atoms with Gasteiger partial charge < -0.3 is 20.4 Å². The number of carbonyl (C=O) groups excluding carboxylic acids is 3. The number of alkyl halides is 3. The molecule has 2 aliphatic heterocycles. The highest BCUT2D eigenvalue weighted by Crippen LogP contribution is 2.39. The number of rotatable bonds is 5. The average Bonchev–Trinajstić information content (AvgIpc) is 3.50. The van der Waals surface area contributed by atoms with Crippen LogP contribution in [0.2, 0.25) is 0 Å². The lowest BCUT2D eigenvalue weighted by Gasteiger charge is -2.41. The van der Waals surface area contributed by atoms with Gasteiger partial charge in [-0.1, -0.05) is 13.0 Å². The van der Waals surface area contributed by atoms with Gasteiger partial charge in [0.05, 0.1) is 17.0 Å². The van der Waals surface area contributed by atoms with E-state index in [-0.39, 0.29) is 30.9 Å². The smallest absolute Gasteiger partial charge is 0.359 e. The molecule has 3 amide bonds. The summed E-state index contributed by atoms with van der Waals surface area (Å²) in [4.78, 5) is 48.3. The zero-order valence-corrected chi connectivity index (χ0v) is 25.1. The van der Waals surface area contributed by atoms with Crippen molar-refractivity contribution >= 4 is 50.6 Å². The second kappa shape index (κ2) is 10.8. The van der Waals surface area contributed by atoms with Crippen molar-refractivity contribution < 1.29 is 27.6 Å². The number of likely N-dealkylation sites (tertiary alicyclic amines) is 1. The van der Waals surface area contributed by atoms with E-state index in [0.29, 0.717) is 52.4 Å². The van der Waals surface area contributed by atoms with Crippen LogP contribution in [0.15, 0.2) is 29.0 Å². The first-order chi connectivity index (χ1) is 20.4. The van der Waals surface area contributed by atoms with Gasteiger partial charge in [0.1, 0.15) is 4.60 Å². The number of hydrogen-bond donors (Lipinski definition) is 2. The van der Waals surface area contributed by atoms with Crippen LogP contribution in [0.5, 0.6) is 0 Å². The predicted molar refractivity (Wildman–Crippen MR) is 153 cm³/mol. The molecule has 1 aromatic carbocycles. The molecule has 0 radical (unpaired) electrons. The molecule has 3 aliphatic rings. The van der Waals surface area contributed by atoms with Crippen LogP contribution >= 0.6 is 15.9 Å². The SMILES string of the molecule is CNC(=O)[C@]1(C)CC[C@@H](Nc2ncc3c(Br)nn(-c4ccc5c(c4)CN(C(=O)C4CN(C(=O)C(F)(F)F)C4)CC5)c3n2)C1. The Bertz CT molecular complexity index is 1620. The van der Waals surface area contributed by atoms with Crippen molar-refractivity contribution in [1.29, 1.82) is 0 Å². The first kappa shape index (κ1) is 29.3. The van der Waals surface area contributed by atoms with Gasteiger partial charge in [0, 0.05) is 50.9 Å².